The Morgan fingerprint density at radius 1 is 1.23 bits per heavy atom. The summed E-state index contributed by atoms with van der Waals surface area (Å²) in [7, 11) is 6.08. The lowest BCUT2D eigenvalue weighted by Gasteiger charge is -2.23. The summed E-state index contributed by atoms with van der Waals surface area (Å²) < 4.78 is 5.68. The topological polar surface area (TPSA) is 40.1 Å². The molecular weight excluding hydrogens is 391 g/mol. The lowest BCUT2D eigenvalue weighted by atomic mass is 10.3. The van der Waals surface area contributed by atoms with Gasteiger partial charge in [-0.25, -0.2) is 0 Å². The molecule has 1 fully saturated rings. The van der Waals surface area contributed by atoms with E-state index in [1.807, 2.05) is 7.05 Å². The van der Waals surface area contributed by atoms with Crippen molar-refractivity contribution in [1.82, 2.24) is 15.1 Å². The highest BCUT2D eigenvalue weighted by Crippen LogP contribution is 2.28. The van der Waals surface area contributed by atoms with Crippen molar-refractivity contribution in [3.05, 3.63) is 0 Å². The molecule has 1 saturated carbocycles. The highest BCUT2D eigenvalue weighted by molar-refractivity contribution is 14.0. The van der Waals surface area contributed by atoms with E-state index in [-0.39, 0.29) is 24.0 Å². The van der Waals surface area contributed by atoms with Gasteiger partial charge in [0.25, 0.3) is 0 Å². The Bertz CT molecular complexity index is 298. The second kappa shape index (κ2) is 13.4. The van der Waals surface area contributed by atoms with Gasteiger partial charge < -0.3 is 19.9 Å². The van der Waals surface area contributed by atoms with Crippen molar-refractivity contribution in [2.24, 2.45) is 10.9 Å². The summed E-state index contributed by atoms with van der Waals surface area (Å²) in [6, 6.07) is 0. The fourth-order valence-corrected chi connectivity index (χ4v) is 2.13. The van der Waals surface area contributed by atoms with E-state index in [1.165, 1.54) is 32.2 Å². The molecule has 1 rings (SSSR count). The predicted octanol–water partition coefficient (Wildman–Crippen LogP) is 2.27. The van der Waals surface area contributed by atoms with E-state index in [0.29, 0.717) is 0 Å². The zero-order valence-electron chi connectivity index (χ0n) is 14.8. The summed E-state index contributed by atoms with van der Waals surface area (Å²) in [6.45, 7) is 7.98. The molecule has 0 radical (unpaired) electrons. The number of guanidine groups is 1. The second-order valence-electron chi connectivity index (χ2n) is 6.07. The summed E-state index contributed by atoms with van der Waals surface area (Å²) in [5.41, 5.74) is 0. The average Bonchev–Trinajstić information content (AvgIpc) is 3.30. The molecule has 0 bridgehead atoms. The molecule has 0 amide bonds. The van der Waals surface area contributed by atoms with Crippen LogP contribution in [0.15, 0.2) is 4.99 Å². The second-order valence-corrected chi connectivity index (χ2v) is 6.07. The average molecular weight is 426 g/mol. The molecule has 0 heterocycles. The zero-order chi connectivity index (χ0) is 15.5. The molecule has 22 heavy (non-hydrogen) atoms. The molecule has 0 aliphatic heterocycles. The summed E-state index contributed by atoms with van der Waals surface area (Å²) >= 11 is 0. The number of rotatable bonds is 11. The maximum atomic E-state index is 5.68. The van der Waals surface area contributed by atoms with Crippen LogP contribution in [-0.2, 0) is 4.74 Å². The Labute approximate surface area is 153 Å². The van der Waals surface area contributed by atoms with Crippen LogP contribution in [0.2, 0.25) is 0 Å². The first kappa shape index (κ1) is 21.9. The van der Waals surface area contributed by atoms with Gasteiger partial charge in [-0.15, -0.1) is 24.0 Å². The third-order valence-electron chi connectivity index (χ3n) is 3.86. The minimum Gasteiger partial charge on any atom is -0.379 e. The minimum absolute atomic E-state index is 0. The first-order valence-electron chi connectivity index (χ1n) is 8.35. The van der Waals surface area contributed by atoms with E-state index in [0.717, 1.165) is 44.7 Å². The number of unbranched alkanes of at least 4 members (excludes halogenated alkanes) is 1. The van der Waals surface area contributed by atoms with Crippen molar-refractivity contribution in [3.8, 4) is 0 Å². The maximum Gasteiger partial charge on any atom is 0.193 e. The standard InChI is InChI=1S/C16H34N4O.HI/c1-5-6-10-19(3)11-9-18-16(17-2)20(4)12-13-21-14-15-7-8-15;/h15H,5-14H2,1-4H3,(H,17,18);1H. The third kappa shape index (κ3) is 10.6. The van der Waals surface area contributed by atoms with Crippen LogP contribution < -0.4 is 5.32 Å². The highest BCUT2D eigenvalue weighted by Gasteiger charge is 2.21. The number of nitrogens with zero attached hydrogens (tertiary/aromatic N) is 3. The normalized spacial score (nSPS) is 14.9. The maximum absolute atomic E-state index is 5.68. The molecule has 132 valence electrons. The van der Waals surface area contributed by atoms with Gasteiger partial charge in [-0.3, -0.25) is 4.99 Å². The van der Waals surface area contributed by atoms with Crippen LogP contribution in [0.4, 0.5) is 0 Å². The van der Waals surface area contributed by atoms with Gasteiger partial charge >= 0.3 is 0 Å². The number of ether oxygens (including phenoxy) is 1. The molecule has 0 atom stereocenters. The molecule has 1 aliphatic carbocycles. The fraction of sp³-hybridized carbons (Fsp3) is 0.938. The van der Waals surface area contributed by atoms with E-state index in [1.54, 1.807) is 0 Å². The summed E-state index contributed by atoms with van der Waals surface area (Å²) in [6.07, 6.45) is 5.22. The molecule has 0 aromatic rings. The third-order valence-corrected chi connectivity index (χ3v) is 3.86. The van der Waals surface area contributed by atoms with Crippen molar-refractivity contribution < 1.29 is 4.74 Å². The lowest BCUT2D eigenvalue weighted by Crippen LogP contribution is -2.43. The van der Waals surface area contributed by atoms with Crippen LogP contribution in [0.1, 0.15) is 32.6 Å². The molecule has 0 spiro atoms. The van der Waals surface area contributed by atoms with Gasteiger partial charge in [-0.1, -0.05) is 13.3 Å². The van der Waals surface area contributed by atoms with E-state index < -0.39 is 0 Å². The number of hydrogen-bond donors (Lipinski definition) is 1. The van der Waals surface area contributed by atoms with Crippen LogP contribution in [-0.4, -0.2) is 76.3 Å². The summed E-state index contributed by atoms with van der Waals surface area (Å²) in [4.78, 5) is 8.83. The van der Waals surface area contributed by atoms with Gasteiger partial charge in [0.2, 0.25) is 0 Å². The smallest absolute Gasteiger partial charge is 0.193 e. The van der Waals surface area contributed by atoms with E-state index in [9.17, 15) is 0 Å². The van der Waals surface area contributed by atoms with Crippen molar-refractivity contribution in [2.75, 3.05) is 60.5 Å². The molecule has 5 nitrogen and oxygen atoms in total. The minimum atomic E-state index is 0. The van der Waals surface area contributed by atoms with Gasteiger partial charge in [0.05, 0.1) is 6.61 Å². The Hall–Kier alpha value is -0.0800. The van der Waals surface area contributed by atoms with Gasteiger partial charge in [0.15, 0.2) is 5.96 Å². The molecular formula is C16H35IN4O. The van der Waals surface area contributed by atoms with Crippen LogP contribution in [0.25, 0.3) is 0 Å². The van der Waals surface area contributed by atoms with Crippen LogP contribution in [0.3, 0.4) is 0 Å². The molecule has 1 N–H and O–H groups in total. The van der Waals surface area contributed by atoms with E-state index in [2.05, 4.69) is 41.1 Å². The monoisotopic (exact) mass is 426 g/mol. The number of nitrogens with one attached hydrogen (secondary N) is 1. The molecule has 6 heteroatoms. The molecule has 0 saturated heterocycles. The van der Waals surface area contributed by atoms with Crippen LogP contribution >= 0.6 is 24.0 Å². The number of likely N-dealkylation sites (N-methyl/N-ethyl adjacent to an activating group) is 2. The number of hydrogen-bond acceptors (Lipinski definition) is 3. The molecule has 0 aromatic carbocycles. The van der Waals surface area contributed by atoms with E-state index >= 15 is 0 Å². The van der Waals surface area contributed by atoms with Crippen LogP contribution in [0.5, 0.6) is 0 Å². The van der Waals surface area contributed by atoms with Crippen molar-refractivity contribution in [3.63, 3.8) is 0 Å². The van der Waals surface area contributed by atoms with Gasteiger partial charge in [0, 0.05) is 40.3 Å². The molecule has 0 aromatic heterocycles. The van der Waals surface area contributed by atoms with Gasteiger partial charge in [-0.05, 0) is 38.8 Å². The Morgan fingerprint density at radius 2 is 1.95 bits per heavy atom. The van der Waals surface area contributed by atoms with Gasteiger partial charge in [0.1, 0.15) is 0 Å². The highest BCUT2D eigenvalue weighted by atomic mass is 127. The first-order chi connectivity index (χ1) is 10.2. The molecule has 0 unspecified atom stereocenters. The SMILES string of the molecule is CCCCN(C)CCNC(=NC)N(C)CCOCC1CC1.I. The first-order valence-corrected chi connectivity index (χ1v) is 8.35. The number of aliphatic imine (C=N–C) groups is 1. The summed E-state index contributed by atoms with van der Waals surface area (Å²) in [5.74, 6) is 1.79. The summed E-state index contributed by atoms with van der Waals surface area (Å²) in [5, 5.41) is 3.42. The van der Waals surface area contributed by atoms with Crippen molar-refractivity contribution in [1.29, 1.82) is 0 Å². The largest absolute Gasteiger partial charge is 0.379 e. The number of halogens is 1. The lowest BCUT2D eigenvalue weighted by molar-refractivity contribution is 0.115. The van der Waals surface area contributed by atoms with E-state index in [4.69, 9.17) is 4.74 Å². The Balaban J connectivity index is 0.00000441. The zero-order valence-corrected chi connectivity index (χ0v) is 17.1. The fourth-order valence-electron chi connectivity index (χ4n) is 2.13. The van der Waals surface area contributed by atoms with Gasteiger partial charge in [-0.2, -0.15) is 0 Å². The quantitative estimate of drug-likeness (QED) is 0.238. The Morgan fingerprint density at radius 3 is 2.55 bits per heavy atom. The Kier molecular flexibility index (Phi) is 13.3. The van der Waals surface area contributed by atoms with Crippen LogP contribution in [0, 0.1) is 5.92 Å². The van der Waals surface area contributed by atoms with Crippen molar-refractivity contribution in [2.45, 2.75) is 32.6 Å². The predicted molar refractivity (Wildman–Crippen MR) is 105 cm³/mol. The van der Waals surface area contributed by atoms with Crippen molar-refractivity contribution >= 4 is 29.9 Å². The molecule has 1 aliphatic rings.